The van der Waals surface area contributed by atoms with Gasteiger partial charge in [0.05, 0.1) is 13.2 Å². The van der Waals surface area contributed by atoms with E-state index in [1.165, 1.54) is 0 Å². The topological polar surface area (TPSA) is 47.6 Å². The average Bonchev–Trinajstić information content (AvgIpc) is 2.55. The summed E-state index contributed by atoms with van der Waals surface area (Å²) < 4.78 is 9.93. The SMILES string of the molecule is CCOC(=O)C1(COC)C=CCN1. The van der Waals surface area contributed by atoms with Crippen molar-refractivity contribution in [3.63, 3.8) is 0 Å². The summed E-state index contributed by atoms with van der Waals surface area (Å²) in [5, 5.41) is 3.04. The Labute approximate surface area is 77.9 Å². The second-order valence-electron chi connectivity index (χ2n) is 2.91. The number of ether oxygens (including phenoxy) is 2. The van der Waals surface area contributed by atoms with Gasteiger partial charge in [-0.1, -0.05) is 12.2 Å². The highest BCUT2D eigenvalue weighted by Crippen LogP contribution is 2.14. The second-order valence-corrected chi connectivity index (χ2v) is 2.91. The van der Waals surface area contributed by atoms with Gasteiger partial charge in [0.2, 0.25) is 0 Å². The molecule has 0 amide bonds. The van der Waals surface area contributed by atoms with Crippen molar-refractivity contribution in [2.75, 3.05) is 26.9 Å². The minimum atomic E-state index is -0.759. The van der Waals surface area contributed by atoms with Crippen LogP contribution in [-0.2, 0) is 14.3 Å². The fourth-order valence-corrected chi connectivity index (χ4v) is 1.35. The minimum absolute atomic E-state index is 0.273. The van der Waals surface area contributed by atoms with Gasteiger partial charge in [-0.15, -0.1) is 0 Å². The molecule has 0 aromatic rings. The predicted molar refractivity (Wildman–Crippen MR) is 48.4 cm³/mol. The summed E-state index contributed by atoms with van der Waals surface area (Å²) in [6.45, 7) is 3.17. The van der Waals surface area contributed by atoms with Gasteiger partial charge in [0.15, 0.2) is 5.54 Å². The summed E-state index contributed by atoms with van der Waals surface area (Å²) in [5.41, 5.74) is -0.759. The third-order valence-electron chi connectivity index (χ3n) is 1.95. The molecular formula is C9H15NO3. The average molecular weight is 185 g/mol. The van der Waals surface area contributed by atoms with Gasteiger partial charge < -0.3 is 9.47 Å². The molecule has 1 N–H and O–H groups in total. The fraction of sp³-hybridized carbons (Fsp3) is 0.667. The maximum Gasteiger partial charge on any atom is 0.332 e. The number of hydrogen-bond donors (Lipinski definition) is 1. The van der Waals surface area contributed by atoms with Crippen molar-refractivity contribution in [2.24, 2.45) is 0 Å². The van der Waals surface area contributed by atoms with Crippen molar-refractivity contribution in [3.05, 3.63) is 12.2 Å². The van der Waals surface area contributed by atoms with Crippen LogP contribution in [0, 0.1) is 0 Å². The molecule has 74 valence electrons. The van der Waals surface area contributed by atoms with Crippen molar-refractivity contribution >= 4 is 5.97 Å². The normalized spacial score (nSPS) is 26.3. The molecule has 1 atom stereocenters. The van der Waals surface area contributed by atoms with E-state index in [0.717, 1.165) is 0 Å². The number of hydrogen-bond acceptors (Lipinski definition) is 4. The van der Waals surface area contributed by atoms with Crippen LogP contribution < -0.4 is 5.32 Å². The first kappa shape index (κ1) is 10.2. The van der Waals surface area contributed by atoms with E-state index < -0.39 is 5.54 Å². The van der Waals surface area contributed by atoms with Crippen molar-refractivity contribution in [1.29, 1.82) is 0 Å². The Bertz CT molecular complexity index is 215. The van der Waals surface area contributed by atoms with E-state index in [9.17, 15) is 4.79 Å². The summed E-state index contributed by atoms with van der Waals surface area (Å²) in [6, 6.07) is 0. The Balaban J connectivity index is 2.66. The molecule has 1 aliphatic heterocycles. The Kier molecular flexibility index (Phi) is 3.45. The first-order chi connectivity index (χ1) is 6.25. The van der Waals surface area contributed by atoms with E-state index in [4.69, 9.17) is 9.47 Å². The molecule has 0 spiro atoms. The molecule has 0 saturated carbocycles. The number of carbonyl (C=O) groups is 1. The molecule has 0 saturated heterocycles. The van der Waals surface area contributed by atoms with Gasteiger partial charge in [0, 0.05) is 13.7 Å². The van der Waals surface area contributed by atoms with Crippen molar-refractivity contribution in [1.82, 2.24) is 5.32 Å². The van der Waals surface area contributed by atoms with Gasteiger partial charge in [-0.05, 0) is 6.92 Å². The highest BCUT2D eigenvalue weighted by molar-refractivity contribution is 5.84. The molecule has 0 aromatic heterocycles. The monoisotopic (exact) mass is 185 g/mol. The highest BCUT2D eigenvalue weighted by atomic mass is 16.5. The fourth-order valence-electron chi connectivity index (χ4n) is 1.35. The maximum absolute atomic E-state index is 11.5. The van der Waals surface area contributed by atoms with E-state index in [1.54, 1.807) is 20.1 Å². The predicted octanol–water partition coefficient (Wildman–Crippen LogP) is 0.0941. The summed E-state index contributed by atoms with van der Waals surface area (Å²) in [4.78, 5) is 11.5. The van der Waals surface area contributed by atoms with Crippen LogP contribution in [-0.4, -0.2) is 38.4 Å². The van der Waals surface area contributed by atoms with Gasteiger partial charge in [-0.3, -0.25) is 5.32 Å². The molecule has 4 heteroatoms. The molecule has 13 heavy (non-hydrogen) atoms. The zero-order chi connectivity index (χ0) is 9.73. The quantitative estimate of drug-likeness (QED) is 0.498. The summed E-state index contributed by atoms with van der Waals surface area (Å²) >= 11 is 0. The zero-order valence-corrected chi connectivity index (χ0v) is 8.00. The number of methoxy groups -OCH3 is 1. The molecule has 1 unspecified atom stereocenters. The first-order valence-electron chi connectivity index (χ1n) is 4.34. The van der Waals surface area contributed by atoms with Crippen LogP contribution in [0.15, 0.2) is 12.2 Å². The molecule has 1 heterocycles. The number of nitrogens with one attached hydrogen (secondary N) is 1. The molecule has 4 nitrogen and oxygen atoms in total. The molecule has 1 aliphatic rings. The largest absolute Gasteiger partial charge is 0.464 e. The van der Waals surface area contributed by atoms with Crippen molar-refractivity contribution in [2.45, 2.75) is 12.5 Å². The van der Waals surface area contributed by atoms with Gasteiger partial charge in [0.25, 0.3) is 0 Å². The van der Waals surface area contributed by atoms with E-state index >= 15 is 0 Å². The molecule has 0 bridgehead atoms. The van der Waals surface area contributed by atoms with Crippen LogP contribution in [0.2, 0.25) is 0 Å². The number of carbonyl (C=O) groups excluding carboxylic acids is 1. The summed E-state index contributed by atoms with van der Waals surface area (Å²) in [5.74, 6) is -0.273. The number of rotatable bonds is 4. The Morgan fingerprint density at radius 1 is 1.69 bits per heavy atom. The molecule has 1 rings (SSSR count). The Hall–Kier alpha value is -0.870. The first-order valence-corrected chi connectivity index (χ1v) is 4.34. The highest BCUT2D eigenvalue weighted by Gasteiger charge is 2.39. The smallest absolute Gasteiger partial charge is 0.332 e. The third-order valence-corrected chi connectivity index (χ3v) is 1.95. The summed E-state index contributed by atoms with van der Waals surface area (Å²) in [7, 11) is 1.56. The minimum Gasteiger partial charge on any atom is -0.464 e. The molecule has 0 aromatic carbocycles. The number of esters is 1. The van der Waals surface area contributed by atoms with E-state index in [1.807, 2.05) is 6.08 Å². The van der Waals surface area contributed by atoms with Crippen molar-refractivity contribution in [3.8, 4) is 0 Å². The maximum atomic E-state index is 11.5. The van der Waals surface area contributed by atoms with E-state index in [-0.39, 0.29) is 5.97 Å². The molecule has 0 radical (unpaired) electrons. The summed E-state index contributed by atoms with van der Waals surface area (Å²) in [6.07, 6.45) is 3.70. The molecular weight excluding hydrogens is 170 g/mol. The van der Waals surface area contributed by atoms with Crippen molar-refractivity contribution < 1.29 is 14.3 Å². The van der Waals surface area contributed by atoms with Crippen LogP contribution in [0.1, 0.15) is 6.92 Å². The van der Waals surface area contributed by atoms with Crippen LogP contribution in [0.4, 0.5) is 0 Å². The van der Waals surface area contributed by atoms with Gasteiger partial charge in [0.1, 0.15) is 0 Å². The second kappa shape index (κ2) is 4.39. The van der Waals surface area contributed by atoms with Crippen LogP contribution in [0.25, 0.3) is 0 Å². The zero-order valence-electron chi connectivity index (χ0n) is 8.00. The Morgan fingerprint density at radius 2 is 2.46 bits per heavy atom. The van der Waals surface area contributed by atoms with E-state index in [2.05, 4.69) is 5.32 Å². The molecule has 0 fully saturated rings. The third kappa shape index (κ3) is 2.08. The molecule has 0 aliphatic carbocycles. The van der Waals surface area contributed by atoms with Crippen LogP contribution in [0.5, 0.6) is 0 Å². The van der Waals surface area contributed by atoms with Crippen LogP contribution >= 0.6 is 0 Å². The lowest BCUT2D eigenvalue weighted by Gasteiger charge is -2.24. The van der Waals surface area contributed by atoms with Crippen LogP contribution in [0.3, 0.4) is 0 Å². The lowest BCUT2D eigenvalue weighted by molar-refractivity contribution is -0.150. The lowest BCUT2D eigenvalue weighted by Crippen LogP contribution is -2.52. The van der Waals surface area contributed by atoms with Gasteiger partial charge >= 0.3 is 5.97 Å². The van der Waals surface area contributed by atoms with Gasteiger partial charge in [-0.2, -0.15) is 0 Å². The Morgan fingerprint density at radius 3 is 2.92 bits per heavy atom. The standard InChI is InChI=1S/C9H15NO3/c1-3-13-8(11)9(7-12-2)5-4-6-10-9/h4-5,10H,3,6-7H2,1-2H3. The van der Waals surface area contributed by atoms with E-state index in [0.29, 0.717) is 19.8 Å². The van der Waals surface area contributed by atoms with Gasteiger partial charge in [-0.25, -0.2) is 4.79 Å². The lowest BCUT2D eigenvalue weighted by atomic mass is 10.0.